The molecule has 4 nitrogen and oxygen atoms in total. The molecular formula is C25H41NO3. The van der Waals surface area contributed by atoms with Crippen LogP contribution >= 0.6 is 0 Å². The van der Waals surface area contributed by atoms with Crippen molar-refractivity contribution in [2.24, 2.45) is 0 Å². The lowest BCUT2D eigenvalue weighted by molar-refractivity contribution is 0.196. The molecule has 1 aromatic carbocycles. The third-order valence-electron chi connectivity index (χ3n) is 6.99. The topological polar surface area (TPSA) is 63.9 Å². The van der Waals surface area contributed by atoms with Crippen molar-refractivity contribution in [3.63, 3.8) is 0 Å². The molecule has 164 valence electrons. The molecule has 2 fully saturated rings. The highest BCUT2D eigenvalue weighted by Gasteiger charge is 2.25. The number of rotatable bonds is 10. The molecule has 0 unspecified atom stereocenters. The summed E-state index contributed by atoms with van der Waals surface area (Å²) in [6.45, 7) is 2.92. The van der Waals surface area contributed by atoms with Gasteiger partial charge in [0.1, 0.15) is 5.75 Å². The molecule has 2 aliphatic rings. The van der Waals surface area contributed by atoms with Crippen LogP contribution in [0.15, 0.2) is 12.1 Å². The van der Waals surface area contributed by atoms with Crippen LogP contribution < -0.4 is 0 Å². The summed E-state index contributed by atoms with van der Waals surface area (Å²) in [7, 11) is 0. The van der Waals surface area contributed by atoms with E-state index in [0.29, 0.717) is 17.6 Å². The van der Waals surface area contributed by atoms with Crippen molar-refractivity contribution in [3.05, 3.63) is 28.8 Å². The minimum Gasteiger partial charge on any atom is -0.507 e. The van der Waals surface area contributed by atoms with Crippen LogP contribution in [-0.2, 0) is 6.54 Å². The summed E-state index contributed by atoms with van der Waals surface area (Å²) in [6, 6.07) is 4.53. The standard InChI is InChI=1S/C25H41NO3/c27-15-7-13-26(14-8-16-28)19-20-17-23(21-9-3-1-4-10-21)25(29)24(18-20)22-11-5-2-6-12-22/h17-18,21-22,27-29H,1-16,19H2. The molecule has 0 heterocycles. The van der Waals surface area contributed by atoms with Gasteiger partial charge in [-0.25, -0.2) is 0 Å². The minimum atomic E-state index is 0.200. The van der Waals surface area contributed by atoms with Gasteiger partial charge >= 0.3 is 0 Å². The molecule has 0 atom stereocenters. The van der Waals surface area contributed by atoms with E-state index < -0.39 is 0 Å². The number of hydrogen-bond donors (Lipinski definition) is 3. The number of aliphatic hydroxyl groups excluding tert-OH is 2. The molecule has 0 aliphatic heterocycles. The van der Waals surface area contributed by atoms with Crippen LogP contribution in [-0.4, -0.2) is 46.5 Å². The average Bonchev–Trinajstić information content (AvgIpc) is 2.77. The molecule has 2 saturated carbocycles. The van der Waals surface area contributed by atoms with Gasteiger partial charge in [-0.15, -0.1) is 0 Å². The third-order valence-corrected chi connectivity index (χ3v) is 6.99. The van der Waals surface area contributed by atoms with Crippen molar-refractivity contribution in [2.75, 3.05) is 26.3 Å². The Morgan fingerprint density at radius 1 is 0.724 bits per heavy atom. The number of phenols is 1. The molecule has 0 amide bonds. The molecular weight excluding hydrogens is 362 g/mol. The third kappa shape index (κ3) is 6.44. The Bertz CT molecular complexity index is 559. The lowest BCUT2D eigenvalue weighted by Crippen LogP contribution is -2.27. The minimum absolute atomic E-state index is 0.200. The molecule has 4 heteroatoms. The predicted octanol–water partition coefficient (Wildman–Crippen LogP) is 5.05. The van der Waals surface area contributed by atoms with E-state index in [9.17, 15) is 15.3 Å². The highest BCUT2D eigenvalue weighted by molar-refractivity contribution is 5.47. The van der Waals surface area contributed by atoms with E-state index in [-0.39, 0.29) is 13.2 Å². The first-order chi connectivity index (χ1) is 14.2. The normalized spacial score (nSPS) is 19.1. The maximum Gasteiger partial charge on any atom is 0.122 e. The van der Waals surface area contributed by atoms with Crippen molar-refractivity contribution in [1.82, 2.24) is 4.90 Å². The van der Waals surface area contributed by atoms with Gasteiger partial charge in [0.15, 0.2) is 0 Å². The van der Waals surface area contributed by atoms with Crippen LogP contribution in [0.25, 0.3) is 0 Å². The average molecular weight is 404 g/mol. The Kier molecular flexibility index (Phi) is 9.29. The van der Waals surface area contributed by atoms with Gasteiger partial charge in [-0.2, -0.15) is 0 Å². The fourth-order valence-corrected chi connectivity index (χ4v) is 5.40. The summed E-state index contributed by atoms with van der Waals surface area (Å²) in [5.41, 5.74) is 3.67. The summed E-state index contributed by atoms with van der Waals surface area (Å²) in [5, 5.41) is 29.8. The predicted molar refractivity (Wildman–Crippen MR) is 118 cm³/mol. The summed E-state index contributed by atoms with van der Waals surface area (Å²) in [6.07, 6.45) is 14.0. The van der Waals surface area contributed by atoms with Crippen LogP contribution in [0.5, 0.6) is 5.75 Å². The van der Waals surface area contributed by atoms with Crippen LogP contribution in [0.3, 0.4) is 0 Å². The molecule has 29 heavy (non-hydrogen) atoms. The monoisotopic (exact) mass is 403 g/mol. The largest absolute Gasteiger partial charge is 0.507 e. The van der Waals surface area contributed by atoms with E-state index in [0.717, 1.165) is 32.5 Å². The lowest BCUT2D eigenvalue weighted by Gasteiger charge is -2.29. The van der Waals surface area contributed by atoms with Crippen LogP contribution in [0.2, 0.25) is 0 Å². The Hall–Kier alpha value is -1.10. The Labute approximate surface area is 176 Å². The first-order valence-corrected chi connectivity index (χ1v) is 12.0. The molecule has 0 aromatic heterocycles. The van der Waals surface area contributed by atoms with E-state index in [4.69, 9.17) is 0 Å². The van der Waals surface area contributed by atoms with E-state index in [2.05, 4.69) is 17.0 Å². The summed E-state index contributed by atoms with van der Waals surface area (Å²) < 4.78 is 0. The van der Waals surface area contributed by atoms with Crippen LogP contribution in [0, 0.1) is 0 Å². The SMILES string of the molecule is OCCCN(CCCO)Cc1cc(C2CCCCC2)c(O)c(C2CCCCC2)c1. The summed E-state index contributed by atoms with van der Waals surface area (Å²) in [4.78, 5) is 2.34. The molecule has 2 aliphatic carbocycles. The van der Waals surface area contributed by atoms with Crippen molar-refractivity contribution in [1.29, 1.82) is 0 Å². The van der Waals surface area contributed by atoms with E-state index >= 15 is 0 Å². The molecule has 3 rings (SSSR count). The Morgan fingerprint density at radius 2 is 1.17 bits per heavy atom. The zero-order valence-corrected chi connectivity index (χ0v) is 18.1. The molecule has 0 bridgehead atoms. The second kappa shape index (κ2) is 11.9. The van der Waals surface area contributed by atoms with E-state index in [1.54, 1.807) is 0 Å². The maximum atomic E-state index is 11.3. The highest BCUT2D eigenvalue weighted by atomic mass is 16.3. The Morgan fingerprint density at radius 3 is 1.59 bits per heavy atom. The lowest BCUT2D eigenvalue weighted by atomic mass is 9.78. The van der Waals surface area contributed by atoms with Gasteiger partial charge < -0.3 is 15.3 Å². The van der Waals surface area contributed by atoms with Gasteiger partial charge in [-0.1, -0.05) is 50.7 Å². The second-order valence-corrected chi connectivity index (χ2v) is 9.22. The maximum absolute atomic E-state index is 11.3. The summed E-state index contributed by atoms with van der Waals surface area (Å²) >= 11 is 0. The fourth-order valence-electron chi connectivity index (χ4n) is 5.40. The van der Waals surface area contributed by atoms with Gasteiger partial charge in [-0.3, -0.25) is 4.90 Å². The second-order valence-electron chi connectivity index (χ2n) is 9.22. The van der Waals surface area contributed by atoms with Crippen molar-refractivity contribution in [2.45, 2.75) is 95.4 Å². The van der Waals surface area contributed by atoms with Crippen LogP contribution in [0.1, 0.15) is 106 Å². The van der Waals surface area contributed by atoms with Crippen molar-refractivity contribution >= 4 is 0 Å². The Balaban J connectivity index is 1.87. The first kappa shape index (κ1) is 22.6. The molecule has 0 radical (unpaired) electrons. The number of phenolic OH excluding ortho intramolecular Hbond substituents is 1. The number of aliphatic hydroxyl groups is 2. The van der Waals surface area contributed by atoms with Crippen LogP contribution in [0.4, 0.5) is 0 Å². The number of benzene rings is 1. The number of hydrogen-bond acceptors (Lipinski definition) is 4. The number of nitrogens with zero attached hydrogens (tertiary/aromatic N) is 1. The fraction of sp³-hybridized carbons (Fsp3) is 0.760. The van der Waals surface area contributed by atoms with Crippen molar-refractivity contribution < 1.29 is 15.3 Å². The van der Waals surface area contributed by atoms with E-state index in [1.807, 2.05) is 0 Å². The molecule has 0 spiro atoms. The molecule has 3 N–H and O–H groups in total. The van der Waals surface area contributed by atoms with Gasteiger partial charge in [0.05, 0.1) is 0 Å². The molecule has 1 aromatic rings. The first-order valence-electron chi connectivity index (χ1n) is 12.0. The smallest absolute Gasteiger partial charge is 0.122 e. The van der Waals surface area contributed by atoms with Gasteiger partial charge in [0.25, 0.3) is 0 Å². The zero-order valence-electron chi connectivity index (χ0n) is 18.1. The van der Waals surface area contributed by atoms with Gasteiger partial charge in [0.2, 0.25) is 0 Å². The quantitative estimate of drug-likeness (QED) is 0.511. The van der Waals surface area contributed by atoms with Gasteiger partial charge in [0, 0.05) is 32.8 Å². The highest BCUT2D eigenvalue weighted by Crippen LogP contribution is 2.44. The van der Waals surface area contributed by atoms with Gasteiger partial charge in [-0.05, 0) is 67.1 Å². The number of aromatic hydroxyl groups is 1. The van der Waals surface area contributed by atoms with Crippen molar-refractivity contribution in [3.8, 4) is 5.75 Å². The summed E-state index contributed by atoms with van der Waals surface area (Å²) in [5.74, 6) is 1.58. The van der Waals surface area contributed by atoms with E-state index in [1.165, 1.54) is 80.9 Å². The zero-order chi connectivity index (χ0) is 20.5. The molecule has 0 saturated heterocycles.